The van der Waals surface area contributed by atoms with Gasteiger partial charge < -0.3 is 78.1 Å². The van der Waals surface area contributed by atoms with E-state index in [0.717, 1.165) is 6.42 Å². The summed E-state index contributed by atoms with van der Waals surface area (Å²) in [6.07, 6.45) is 2.81. The Labute approximate surface area is 522 Å². The first kappa shape index (κ1) is 65.0. The number of primary amides is 2. The third-order valence-corrected chi connectivity index (χ3v) is 19.4. The van der Waals surface area contributed by atoms with Crippen molar-refractivity contribution < 1.29 is 84.0 Å². The second kappa shape index (κ2) is 24.0. The molecule has 2 heterocycles. The number of aliphatic hydroxyl groups excluding tert-OH is 4. The zero-order valence-corrected chi connectivity index (χ0v) is 51.6. The minimum absolute atomic E-state index is 0.00870. The lowest BCUT2D eigenvalue weighted by atomic mass is 9.57. The van der Waals surface area contributed by atoms with Crippen LogP contribution in [0.2, 0.25) is 0 Å². The van der Waals surface area contributed by atoms with Gasteiger partial charge in [-0.05, 0) is 128 Å². The average Bonchev–Trinajstić information content (AvgIpc) is 0.842. The molecule has 11 rings (SSSR count). The predicted octanol–water partition coefficient (Wildman–Crippen LogP) is 1.04. The molecule has 3 aromatic carbocycles. The van der Waals surface area contributed by atoms with Gasteiger partial charge >= 0.3 is 0 Å². The summed E-state index contributed by atoms with van der Waals surface area (Å²) < 4.78 is 0. The molecule has 27 nitrogen and oxygen atoms in total. The number of carbonyl (C=O) groups excluding carboxylic acids is 9. The topological polar surface area (TPSA) is 420 Å². The fourth-order valence-electron chi connectivity index (χ4n) is 15.1. The number of nitrogens with zero attached hydrogens (tertiary/aromatic N) is 5. The maximum Gasteiger partial charge on any atom is 0.255 e. The van der Waals surface area contributed by atoms with Gasteiger partial charge in [-0.3, -0.25) is 57.9 Å². The van der Waals surface area contributed by atoms with Crippen molar-refractivity contribution in [3.8, 4) is 11.5 Å². The van der Waals surface area contributed by atoms with Crippen LogP contribution in [0.5, 0.6) is 11.5 Å². The number of ketones is 5. The second-order valence-corrected chi connectivity index (χ2v) is 25.5. The summed E-state index contributed by atoms with van der Waals surface area (Å²) in [5.74, 6) is -15.7. The van der Waals surface area contributed by atoms with E-state index >= 15 is 0 Å². The molecule has 8 aliphatic rings. The number of benzene rings is 3. The molecule has 0 spiro atoms. The monoisotopic (exact) mass is 1260 g/mol. The summed E-state index contributed by atoms with van der Waals surface area (Å²) in [6, 6.07) is 8.48. The van der Waals surface area contributed by atoms with Crippen molar-refractivity contribution in [2.24, 2.45) is 35.1 Å². The molecular weight excluding hydrogens is 1180 g/mol. The van der Waals surface area contributed by atoms with Crippen LogP contribution in [0.15, 0.2) is 76.3 Å². The number of fused-ring (bicyclic) bond motifs is 6. The number of likely N-dealkylation sites (N-methyl/N-ethyl adjacent to an activating group) is 2. The van der Waals surface area contributed by atoms with E-state index in [0.29, 0.717) is 60.4 Å². The number of nitrogens with one attached hydrogen (secondary N) is 3. The van der Waals surface area contributed by atoms with Crippen molar-refractivity contribution in [3.63, 3.8) is 0 Å². The summed E-state index contributed by atoms with van der Waals surface area (Å²) in [5.41, 5.74) is 5.39. The summed E-state index contributed by atoms with van der Waals surface area (Å²) in [7, 11) is 13.2. The lowest BCUT2D eigenvalue weighted by molar-refractivity contribution is -0.155. The number of amides is 4. The van der Waals surface area contributed by atoms with Gasteiger partial charge in [-0.2, -0.15) is 0 Å². The number of hydrogen-bond donors (Lipinski definition) is 13. The lowest BCUT2D eigenvalue weighted by Crippen LogP contribution is -2.65. The molecule has 6 aliphatic carbocycles. The standard InChI is InChI=1S/C36H41N5O9.C28H35N5O8/c1-39(2)23-15-21(38-35(49)22-11-8-12-41(22)16-24(42)17-9-6-5-7-10-17)29(43)26-19(23)13-18-14-20-28(40(3)4)31(45)27(34(37)48)33(47)36(20,50)32(46)25(18)30(26)44;1-32(2)16-10-15(31-27(40)14-6-5-7-30-14)21(34)18-12(16)8-11-9-13-20(33(3)4)23(36)19(26(29)39)25(38)28(13,41)24(37)17(11)22(18)35/h5-7,9-10,15,18,20,22,28,43-44,47,50H,8,11-14,16H2,1-4H3,(H2,37,48)(H,38,49);10-11,13-14,20,30,34-35,38,41H,5-9H2,1-4H3,(H2,29,39)(H,31,40)/t18-,20-,22-,28-,36-;11-,13-,14-,20-,28-/m00/s1. The highest BCUT2D eigenvalue weighted by Gasteiger charge is 2.66. The molecule has 4 amide bonds. The highest BCUT2D eigenvalue weighted by atomic mass is 16.4. The molecule has 0 unspecified atom stereocenters. The molecule has 0 bridgehead atoms. The molecule has 0 radical (unpaired) electrons. The molecule has 2 saturated carbocycles. The molecule has 91 heavy (non-hydrogen) atoms. The number of aromatic hydroxyl groups is 2. The maximum absolute atomic E-state index is 14.2. The quantitative estimate of drug-likeness (QED) is 0.0646. The number of rotatable bonds is 13. The van der Waals surface area contributed by atoms with E-state index in [1.165, 1.54) is 23.9 Å². The third kappa shape index (κ3) is 10.4. The van der Waals surface area contributed by atoms with E-state index in [9.17, 15) is 84.0 Å². The minimum Gasteiger partial charge on any atom is -0.508 e. The van der Waals surface area contributed by atoms with Crippen molar-refractivity contribution >= 4 is 86.8 Å². The number of phenols is 2. The van der Waals surface area contributed by atoms with E-state index in [1.54, 1.807) is 93.4 Å². The van der Waals surface area contributed by atoms with Gasteiger partial charge in [0.05, 0.1) is 53.2 Å². The SMILES string of the molecule is CN(C)c1cc(NC(=O)[C@@H]2CCCN2)c(O)c2c1C[C@H]1C[C@H]3[C@H](N(C)C)C(=O)C(C(N)=O)=C(O)[C@@]3(O)C(=O)C1=C2O.CN(C)c1cc(NC(=O)[C@@H]2CCCN2CC(=O)c2ccccc2)c(O)c2c1C[C@H]1C[C@H]3[C@H](N(C)C)C(=O)C(C(N)=O)=C(O)[C@@]3(O)C(=O)C1=C2O. The third-order valence-electron chi connectivity index (χ3n) is 19.4. The maximum atomic E-state index is 14.2. The Morgan fingerprint density at radius 2 is 1.07 bits per heavy atom. The van der Waals surface area contributed by atoms with Gasteiger partial charge in [-0.1, -0.05) is 30.3 Å². The van der Waals surface area contributed by atoms with Crippen molar-refractivity contribution in [1.29, 1.82) is 0 Å². The van der Waals surface area contributed by atoms with Crippen LogP contribution in [0.1, 0.15) is 71.1 Å². The lowest BCUT2D eigenvalue weighted by Gasteiger charge is -2.50. The number of likely N-dealkylation sites (tertiary alicyclic amines) is 1. The molecular formula is C64H76N10O17. The zero-order chi connectivity index (χ0) is 66.5. The van der Waals surface area contributed by atoms with E-state index in [-0.39, 0.29) is 77.6 Å². The molecule has 15 N–H and O–H groups in total. The van der Waals surface area contributed by atoms with Gasteiger partial charge in [0.2, 0.25) is 23.4 Å². The molecule has 484 valence electrons. The van der Waals surface area contributed by atoms with Gasteiger partial charge in [0.15, 0.2) is 28.6 Å². The first-order valence-electron chi connectivity index (χ1n) is 29.9. The van der Waals surface area contributed by atoms with Crippen molar-refractivity contribution in [2.45, 2.75) is 86.7 Å². The summed E-state index contributed by atoms with van der Waals surface area (Å²) in [5, 5.41) is 101. The van der Waals surface area contributed by atoms with Gasteiger partial charge in [-0.15, -0.1) is 0 Å². The average molecular weight is 1260 g/mol. The molecule has 3 aromatic rings. The highest BCUT2D eigenvalue weighted by molar-refractivity contribution is 6.26. The number of aliphatic hydroxyl groups is 6. The summed E-state index contributed by atoms with van der Waals surface area (Å²) >= 11 is 0. The van der Waals surface area contributed by atoms with E-state index < -0.39 is 146 Å². The predicted molar refractivity (Wildman–Crippen MR) is 331 cm³/mol. The van der Waals surface area contributed by atoms with Crippen LogP contribution in [0.4, 0.5) is 22.7 Å². The number of phenolic OH excluding ortho intramolecular Hbond substituents is 2. The van der Waals surface area contributed by atoms with Crippen LogP contribution in [0.3, 0.4) is 0 Å². The number of hydrogen-bond acceptors (Lipinski definition) is 23. The van der Waals surface area contributed by atoms with Crippen LogP contribution in [0.25, 0.3) is 11.5 Å². The van der Waals surface area contributed by atoms with Crippen LogP contribution >= 0.6 is 0 Å². The first-order valence-corrected chi connectivity index (χ1v) is 29.9. The fraction of sp³-hybridized carbons (Fsp3) is 0.453. The number of anilines is 4. The molecule has 0 aromatic heterocycles. The Morgan fingerprint density at radius 3 is 1.46 bits per heavy atom. The second-order valence-electron chi connectivity index (χ2n) is 25.5. The van der Waals surface area contributed by atoms with E-state index in [1.807, 2.05) is 6.07 Å². The fourth-order valence-corrected chi connectivity index (χ4v) is 15.1. The van der Waals surface area contributed by atoms with Crippen LogP contribution in [-0.4, -0.2) is 219 Å². The van der Waals surface area contributed by atoms with Crippen molar-refractivity contribution in [1.82, 2.24) is 20.0 Å². The minimum atomic E-state index is -2.76. The van der Waals surface area contributed by atoms with Crippen molar-refractivity contribution in [3.05, 3.63) is 104 Å². The Balaban J connectivity index is 0.000000204. The molecule has 2 saturated heterocycles. The molecule has 10 atom stereocenters. The van der Waals surface area contributed by atoms with Gasteiger partial charge in [0, 0.05) is 68.1 Å². The largest absolute Gasteiger partial charge is 0.508 e. The normalized spacial score (nSPS) is 27.7. The smallest absolute Gasteiger partial charge is 0.255 e. The number of carbonyl (C=O) groups is 9. The summed E-state index contributed by atoms with van der Waals surface area (Å²) in [6.45, 7) is 1.24. The van der Waals surface area contributed by atoms with Crippen LogP contribution in [0, 0.1) is 23.7 Å². The van der Waals surface area contributed by atoms with E-state index in [2.05, 4.69) is 16.0 Å². The molecule has 2 aliphatic heterocycles. The van der Waals surface area contributed by atoms with Crippen molar-refractivity contribution in [2.75, 3.05) is 96.4 Å². The van der Waals surface area contributed by atoms with Gasteiger partial charge in [0.1, 0.15) is 45.7 Å². The Bertz CT molecular complexity index is 3810. The van der Waals surface area contributed by atoms with Gasteiger partial charge in [0.25, 0.3) is 11.8 Å². The first-order chi connectivity index (χ1) is 42.8. The molecule has 27 heteroatoms. The van der Waals surface area contributed by atoms with Gasteiger partial charge in [-0.25, -0.2) is 0 Å². The number of Topliss-reactive ketones (excluding diaryl/α,β-unsaturated/α-hetero) is 5. The van der Waals surface area contributed by atoms with Crippen LogP contribution < -0.4 is 37.2 Å². The zero-order valence-electron chi connectivity index (χ0n) is 51.6. The Kier molecular flexibility index (Phi) is 17.1. The molecule has 4 fully saturated rings. The van der Waals surface area contributed by atoms with Crippen LogP contribution in [-0.2, 0) is 51.2 Å². The number of nitrogens with two attached hydrogens (primary N) is 2. The summed E-state index contributed by atoms with van der Waals surface area (Å²) in [4.78, 5) is 127. The Hall–Kier alpha value is -8.99. The van der Waals surface area contributed by atoms with E-state index in [4.69, 9.17) is 11.5 Å². The highest BCUT2D eigenvalue weighted by Crippen LogP contribution is 2.57. The Morgan fingerprint density at radius 1 is 0.626 bits per heavy atom.